The molecule has 0 amide bonds. The fraction of sp³-hybridized carbons (Fsp3) is 0.533. The molecule has 0 radical (unpaired) electrons. The minimum atomic E-state index is 0.187. The summed E-state index contributed by atoms with van der Waals surface area (Å²) >= 11 is 0. The number of rotatable bonds is 0. The quantitative estimate of drug-likeness (QED) is 0.711. The minimum absolute atomic E-state index is 0.187. The van der Waals surface area contributed by atoms with E-state index in [9.17, 15) is 0 Å². The Morgan fingerprint density at radius 1 is 1.44 bits per heavy atom. The molecule has 0 N–H and O–H groups in total. The standard InChI is InChI=1S/C15H18N2O/c1-9-12-6-11-8-17(3)16-14(11)15(12,2)7-10-4-5-18-13(9)10/h4-5,8-9,12H,6-7H2,1-3H3/t9-,12-,15-/m0/s1. The van der Waals surface area contributed by atoms with E-state index in [0.717, 1.165) is 12.8 Å². The molecule has 2 heterocycles. The predicted molar refractivity (Wildman–Crippen MR) is 68.6 cm³/mol. The van der Waals surface area contributed by atoms with Crippen LogP contribution in [0.15, 0.2) is 22.9 Å². The third kappa shape index (κ3) is 1.08. The molecule has 18 heavy (non-hydrogen) atoms. The van der Waals surface area contributed by atoms with Crippen molar-refractivity contribution in [2.45, 2.75) is 38.0 Å². The summed E-state index contributed by atoms with van der Waals surface area (Å²) in [4.78, 5) is 0. The van der Waals surface area contributed by atoms with Crippen LogP contribution in [0.1, 0.15) is 42.3 Å². The van der Waals surface area contributed by atoms with Crippen LogP contribution in [0.4, 0.5) is 0 Å². The Labute approximate surface area is 107 Å². The van der Waals surface area contributed by atoms with E-state index in [-0.39, 0.29) is 5.41 Å². The lowest BCUT2D eigenvalue weighted by molar-refractivity contribution is 0.224. The molecule has 2 aliphatic carbocycles. The van der Waals surface area contributed by atoms with E-state index >= 15 is 0 Å². The zero-order valence-corrected chi connectivity index (χ0v) is 11.1. The van der Waals surface area contributed by atoms with Gasteiger partial charge in [0, 0.05) is 24.6 Å². The summed E-state index contributed by atoms with van der Waals surface area (Å²) in [5.74, 6) is 2.33. The van der Waals surface area contributed by atoms with Crippen molar-refractivity contribution in [2.24, 2.45) is 13.0 Å². The maximum absolute atomic E-state index is 5.69. The van der Waals surface area contributed by atoms with Gasteiger partial charge in [-0.25, -0.2) is 0 Å². The van der Waals surface area contributed by atoms with Crippen molar-refractivity contribution < 1.29 is 4.42 Å². The summed E-state index contributed by atoms with van der Waals surface area (Å²) in [7, 11) is 2.02. The summed E-state index contributed by atoms with van der Waals surface area (Å²) in [5, 5.41) is 4.73. The summed E-state index contributed by atoms with van der Waals surface area (Å²) in [6, 6.07) is 2.13. The number of furan rings is 1. The Hall–Kier alpha value is -1.51. The molecule has 0 bridgehead atoms. The molecule has 0 saturated carbocycles. The van der Waals surface area contributed by atoms with Gasteiger partial charge in [0.2, 0.25) is 0 Å². The van der Waals surface area contributed by atoms with Crippen molar-refractivity contribution in [3.8, 4) is 0 Å². The molecule has 0 spiro atoms. The number of aromatic nitrogens is 2. The summed E-state index contributed by atoms with van der Waals surface area (Å²) in [6.45, 7) is 4.68. The van der Waals surface area contributed by atoms with Gasteiger partial charge in [-0.3, -0.25) is 4.68 Å². The third-order valence-electron chi connectivity index (χ3n) is 5.06. The number of hydrogen-bond acceptors (Lipinski definition) is 2. The second-order valence-electron chi connectivity index (χ2n) is 6.18. The van der Waals surface area contributed by atoms with Gasteiger partial charge >= 0.3 is 0 Å². The second kappa shape index (κ2) is 3.08. The largest absolute Gasteiger partial charge is 0.469 e. The Bertz CT molecular complexity index is 624. The highest BCUT2D eigenvalue weighted by atomic mass is 16.3. The maximum atomic E-state index is 5.69. The fourth-order valence-corrected chi connectivity index (χ4v) is 4.22. The minimum Gasteiger partial charge on any atom is -0.469 e. The number of aryl methyl sites for hydroxylation is 1. The first-order valence-electron chi connectivity index (χ1n) is 6.69. The molecular weight excluding hydrogens is 224 g/mol. The molecule has 2 aromatic heterocycles. The number of fused-ring (bicyclic) bond motifs is 4. The van der Waals surface area contributed by atoms with Crippen LogP contribution >= 0.6 is 0 Å². The highest BCUT2D eigenvalue weighted by molar-refractivity contribution is 5.42. The Morgan fingerprint density at radius 2 is 2.28 bits per heavy atom. The van der Waals surface area contributed by atoms with Crippen LogP contribution in [0.25, 0.3) is 0 Å². The molecule has 94 valence electrons. The first kappa shape index (κ1) is 10.4. The molecule has 0 unspecified atom stereocenters. The number of nitrogens with zero attached hydrogens (tertiary/aromatic N) is 2. The van der Waals surface area contributed by atoms with Gasteiger partial charge in [-0.1, -0.05) is 13.8 Å². The zero-order chi connectivity index (χ0) is 12.5. The fourth-order valence-electron chi connectivity index (χ4n) is 4.22. The van der Waals surface area contributed by atoms with Crippen LogP contribution < -0.4 is 0 Å². The molecule has 2 aromatic rings. The van der Waals surface area contributed by atoms with E-state index < -0.39 is 0 Å². The molecule has 0 aliphatic heterocycles. The van der Waals surface area contributed by atoms with Crippen molar-refractivity contribution in [3.63, 3.8) is 0 Å². The van der Waals surface area contributed by atoms with Crippen LogP contribution in [0.3, 0.4) is 0 Å². The van der Waals surface area contributed by atoms with Gasteiger partial charge in [0.05, 0.1) is 12.0 Å². The van der Waals surface area contributed by atoms with Crippen LogP contribution in [-0.2, 0) is 25.3 Å². The van der Waals surface area contributed by atoms with Crippen molar-refractivity contribution in [2.75, 3.05) is 0 Å². The van der Waals surface area contributed by atoms with Crippen LogP contribution in [0.5, 0.6) is 0 Å². The SMILES string of the molecule is C[C@@H]1c2occc2C[C@]2(C)c3nn(C)cc3C[C@@H]12. The molecule has 3 atom stereocenters. The average molecular weight is 242 g/mol. The normalized spacial score (nSPS) is 33.1. The van der Waals surface area contributed by atoms with Gasteiger partial charge in [-0.2, -0.15) is 5.10 Å². The van der Waals surface area contributed by atoms with Gasteiger partial charge in [0.1, 0.15) is 5.76 Å². The Kier molecular flexibility index (Phi) is 1.78. The van der Waals surface area contributed by atoms with Gasteiger partial charge in [-0.05, 0) is 36.0 Å². The van der Waals surface area contributed by atoms with Gasteiger partial charge in [0.25, 0.3) is 0 Å². The molecular formula is C15H18N2O. The highest BCUT2D eigenvalue weighted by Gasteiger charge is 2.52. The third-order valence-corrected chi connectivity index (χ3v) is 5.06. The molecule has 2 aliphatic rings. The average Bonchev–Trinajstić information content (AvgIpc) is 2.95. The van der Waals surface area contributed by atoms with Gasteiger partial charge < -0.3 is 4.42 Å². The van der Waals surface area contributed by atoms with Gasteiger partial charge in [0.15, 0.2) is 0 Å². The summed E-state index contributed by atoms with van der Waals surface area (Å²) in [6.07, 6.45) is 6.23. The lowest BCUT2D eigenvalue weighted by Gasteiger charge is -2.39. The van der Waals surface area contributed by atoms with E-state index in [1.54, 1.807) is 0 Å². The smallest absolute Gasteiger partial charge is 0.110 e. The van der Waals surface area contributed by atoms with Crippen molar-refractivity contribution in [3.05, 3.63) is 41.1 Å². The van der Waals surface area contributed by atoms with Crippen LogP contribution in [-0.4, -0.2) is 9.78 Å². The van der Waals surface area contributed by atoms with Crippen LogP contribution in [0.2, 0.25) is 0 Å². The van der Waals surface area contributed by atoms with Gasteiger partial charge in [-0.15, -0.1) is 0 Å². The molecule has 0 fully saturated rings. The Morgan fingerprint density at radius 3 is 3.11 bits per heavy atom. The van der Waals surface area contributed by atoms with Crippen molar-refractivity contribution >= 4 is 0 Å². The maximum Gasteiger partial charge on any atom is 0.110 e. The first-order chi connectivity index (χ1) is 8.59. The van der Waals surface area contributed by atoms with E-state index in [0.29, 0.717) is 11.8 Å². The second-order valence-corrected chi connectivity index (χ2v) is 6.18. The van der Waals surface area contributed by atoms with Crippen LogP contribution in [0, 0.1) is 5.92 Å². The monoisotopic (exact) mass is 242 g/mol. The molecule has 0 aromatic carbocycles. The lowest BCUT2D eigenvalue weighted by Crippen LogP contribution is -2.38. The number of hydrogen-bond donors (Lipinski definition) is 0. The molecule has 3 heteroatoms. The summed E-state index contributed by atoms with van der Waals surface area (Å²) < 4.78 is 7.65. The topological polar surface area (TPSA) is 31.0 Å². The lowest BCUT2D eigenvalue weighted by atomic mass is 9.64. The molecule has 0 saturated heterocycles. The van der Waals surface area contributed by atoms with E-state index in [2.05, 4.69) is 26.1 Å². The van der Waals surface area contributed by atoms with Crippen molar-refractivity contribution in [1.29, 1.82) is 0 Å². The molecule has 4 rings (SSSR count). The zero-order valence-electron chi connectivity index (χ0n) is 11.1. The van der Waals surface area contributed by atoms with E-state index in [1.807, 2.05) is 18.0 Å². The van der Waals surface area contributed by atoms with E-state index in [1.165, 1.54) is 22.6 Å². The molecule has 3 nitrogen and oxygen atoms in total. The first-order valence-corrected chi connectivity index (χ1v) is 6.69. The predicted octanol–water partition coefficient (Wildman–Crippen LogP) is 2.80. The summed E-state index contributed by atoms with van der Waals surface area (Å²) in [5.41, 5.74) is 4.31. The van der Waals surface area contributed by atoms with Crippen molar-refractivity contribution in [1.82, 2.24) is 9.78 Å². The highest BCUT2D eigenvalue weighted by Crippen LogP contribution is 2.54. The Balaban J connectivity index is 1.90. The van der Waals surface area contributed by atoms with E-state index in [4.69, 9.17) is 9.52 Å².